The van der Waals surface area contributed by atoms with E-state index in [1.54, 1.807) is 15.7 Å². The fourth-order valence-electron chi connectivity index (χ4n) is 1.38. The Hall–Kier alpha value is -1.69. The maximum absolute atomic E-state index is 5.42. The second-order valence-corrected chi connectivity index (χ2v) is 3.40. The summed E-state index contributed by atoms with van der Waals surface area (Å²) in [5.41, 5.74) is 6.62. The van der Waals surface area contributed by atoms with Gasteiger partial charge in [-0.15, -0.1) is 0 Å². The smallest absolute Gasteiger partial charge is 0.164 e. The minimum absolute atomic E-state index is 0.389. The molecular formula is C9H14N6. The van der Waals surface area contributed by atoms with Gasteiger partial charge in [0.05, 0.1) is 12.7 Å². The van der Waals surface area contributed by atoms with Crippen molar-refractivity contribution in [1.82, 2.24) is 24.5 Å². The molecule has 2 aromatic heterocycles. The van der Waals surface area contributed by atoms with Crippen molar-refractivity contribution in [2.75, 3.05) is 0 Å². The summed E-state index contributed by atoms with van der Waals surface area (Å²) < 4.78 is 3.59. The third-order valence-electron chi connectivity index (χ3n) is 2.15. The van der Waals surface area contributed by atoms with E-state index in [1.165, 1.54) is 5.56 Å². The molecule has 2 heterocycles. The zero-order valence-electron chi connectivity index (χ0n) is 8.67. The number of aryl methyl sites for hydroxylation is 3. The van der Waals surface area contributed by atoms with E-state index < -0.39 is 0 Å². The second-order valence-electron chi connectivity index (χ2n) is 3.40. The van der Waals surface area contributed by atoms with Gasteiger partial charge in [-0.25, -0.2) is 4.98 Å². The molecule has 2 aromatic rings. The van der Waals surface area contributed by atoms with Gasteiger partial charge in [0.25, 0.3) is 0 Å². The molecule has 0 aliphatic carbocycles. The zero-order valence-corrected chi connectivity index (χ0v) is 8.67. The minimum atomic E-state index is 0.389. The summed E-state index contributed by atoms with van der Waals surface area (Å²) in [5.74, 6) is 0.682. The first-order valence-corrected chi connectivity index (χ1v) is 4.84. The van der Waals surface area contributed by atoms with E-state index in [1.807, 2.05) is 19.4 Å². The van der Waals surface area contributed by atoms with Crippen molar-refractivity contribution in [2.24, 2.45) is 12.8 Å². The summed E-state index contributed by atoms with van der Waals surface area (Å²) in [6.07, 6.45) is 6.47. The highest BCUT2D eigenvalue weighted by Gasteiger charge is 2.00. The lowest BCUT2D eigenvalue weighted by Gasteiger charge is -1.97. The van der Waals surface area contributed by atoms with Crippen LogP contribution in [0.2, 0.25) is 0 Å². The molecule has 0 unspecified atom stereocenters. The molecule has 0 aromatic carbocycles. The van der Waals surface area contributed by atoms with Crippen LogP contribution in [0.1, 0.15) is 11.4 Å². The lowest BCUT2D eigenvalue weighted by Crippen LogP contribution is -2.04. The third kappa shape index (κ3) is 2.41. The number of nitrogens with two attached hydrogens (primary N) is 1. The Labute approximate surface area is 87.7 Å². The maximum atomic E-state index is 5.42. The Morgan fingerprint density at radius 1 is 1.47 bits per heavy atom. The van der Waals surface area contributed by atoms with Crippen molar-refractivity contribution in [3.8, 4) is 0 Å². The highest BCUT2D eigenvalue weighted by atomic mass is 15.3. The average Bonchev–Trinajstić information content (AvgIpc) is 2.83. The van der Waals surface area contributed by atoms with Gasteiger partial charge in [0.2, 0.25) is 0 Å². The maximum Gasteiger partial charge on any atom is 0.164 e. The molecule has 2 N–H and O–H groups in total. The quantitative estimate of drug-likeness (QED) is 0.746. The Bertz CT molecular complexity index is 429. The van der Waals surface area contributed by atoms with E-state index in [0.29, 0.717) is 12.4 Å². The summed E-state index contributed by atoms with van der Waals surface area (Å²) in [4.78, 5) is 4.06. The first-order valence-electron chi connectivity index (χ1n) is 4.84. The number of nitrogens with zero attached hydrogens (tertiary/aromatic N) is 5. The molecule has 0 atom stereocenters. The van der Waals surface area contributed by atoms with Crippen molar-refractivity contribution in [2.45, 2.75) is 19.5 Å². The zero-order chi connectivity index (χ0) is 10.7. The van der Waals surface area contributed by atoms with Crippen LogP contribution in [0.5, 0.6) is 0 Å². The second kappa shape index (κ2) is 4.22. The highest BCUT2D eigenvalue weighted by molar-refractivity contribution is 5.03. The van der Waals surface area contributed by atoms with Crippen molar-refractivity contribution in [3.05, 3.63) is 30.1 Å². The Morgan fingerprint density at radius 2 is 2.33 bits per heavy atom. The number of aromatic nitrogens is 5. The van der Waals surface area contributed by atoms with Gasteiger partial charge in [-0.1, -0.05) is 0 Å². The van der Waals surface area contributed by atoms with E-state index in [4.69, 9.17) is 5.73 Å². The first-order chi connectivity index (χ1) is 7.28. The largest absolute Gasteiger partial charge is 0.324 e. The van der Waals surface area contributed by atoms with Crippen LogP contribution < -0.4 is 5.73 Å². The molecule has 15 heavy (non-hydrogen) atoms. The summed E-state index contributed by atoms with van der Waals surface area (Å²) in [5, 5.41) is 8.31. The van der Waals surface area contributed by atoms with Crippen molar-refractivity contribution in [3.63, 3.8) is 0 Å². The van der Waals surface area contributed by atoms with E-state index in [9.17, 15) is 0 Å². The normalized spacial score (nSPS) is 10.8. The molecule has 0 saturated heterocycles. The van der Waals surface area contributed by atoms with Crippen LogP contribution in [-0.2, 0) is 26.6 Å². The SMILES string of the molecule is Cn1cc(CCn2cnc(CN)n2)cn1. The summed E-state index contributed by atoms with van der Waals surface area (Å²) in [6, 6.07) is 0. The molecule has 6 nitrogen and oxygen atoms in total. The molecule has 0 spiro atoms. The van der Waals surface area contributed by atoms with Gasteiger partial charge in [-0.3, -0.25) is 9.36 Å². The van der Waals surface area contributed by atoms with E-state index in [0.717, 1.165) is 13.0 Å². The topological polar surface area (TPSA) is 74.5 Å². The molecule has 6 heteroatoms. The van der Waals surface area contributed by atoms with Gasteiger partial charge in [-0.2, -0.15) is 10.2 Å². The molecule has 0 aliphatic rings. The lowest BCUT2D eigenvalue weighted by atomic mass is 10.2. The third-order valence-corrected chi connectivity index (χ3v) is 2.15. The Kier molecular flexibility index (Phi) is 2.77. The summed E-state index contributed by atoms with van der Waals surface area (Å²) in [6.45, 7) is 1.19. The van der Waals surface area contributed by atoms with Gasteiger partial charge in [0.15, 0.2) is 5.82 Å². The van der Waals surface area contributed by atoms with E-state index in [2.05, 4.69) is 15.2 Å². The molecular weight excluding hydrogens is 192 g/mol. The van der Waals surface area contributed by atoms with Crippen LogP contribution >= 0.6 is 0 Å². The minimum Gasteiger partial charge on any atom is -0.324 e. The van der Waals surface area contributed by atoms with Crippen LogP contribution in [-0.4, -0.2) is 24.5 Å². The predicted molar refractivity (Wildman–Crippen MR) is 54.8 cm³/mol. The van der Waals surface area contributed by atoms with Gasteiger partial charge in [0.1, 0.15) is 6.33 Å². The van der Waals surface area contributed by atoms with Crippen LogP contribution in [0.3, 0.4) is 0 Å². The van der Waals surface area contributed by atoms with Crippen molar-refractivity contribution >= 4 is 0 Å². The monoisotopic (exact) mass is 206 g/mol. The molecule has 2 rings (SSSR count). The van der Waals surface area contributed by atoms with Gasteiger partial charge >= 0.3 is 0 Å². The summed E-state index contributed by atoms with van der Waals surface area (Å²) >= 11 is 0. The molecule has 0 fully saturated rings. The van der Waals surface area contributed by atoms with Gasteiger partial charge in [0, 0.05) is 19.8 Å². The fraction of sp³-hybridized carbons (Fsp3) is 0.444. The number of rotatable bonds is 4. The molecule has 80 valence electrons. The van der Waals surface area contributed by atoms with Crippen molar-refractivity contribution < 1.29 is 0 Å². The van der Waals surface area contributed by atoms with Gasteiger partial charge < -0.3 is 5.73 Å². The lowest BCUT2D eigenvalue weighted by molar-refractivity contribution is 0.605. The van der Waals surface area contributed by atoms with Crippen LogP contribution in [0.15, 0.2) is 18.7 Å². The molecule has 0 amide bonds. The van der Waals surface area contributed by atoms with Crippen LogP contribution in [0, 0.1) is 0 Å². The molecule has 0 radical (unpaired) electrons. The van der Waals surface area contributed by atoms with Crippen LogP contribution in [0.25, 0.3) is 0 Å². The molecule has 0 bridgehead atoms. The Balaban J connectivity index is 1.93. The number of hydrogen-bond donors (Lipinski definition) is 1. The molecule has 0 aliphatic heterocycles. The standard InChI is InChI=1S/C9H14N6/c1-14-6-8(5-12-14)2-3-15-7-11-9(4-10)13-15/h5-7H,2-4,10H2,1H3. The first kappa shape index (κ1) is 9.85. The van der Waals surface area contributed by atoms with Gasteiger partial charge in [-0.05, 0) is 12.0 Å². The molecule has 0 saturated carbocycles. The van der Waals surface area contributed by atoms with E-state index >= 15 is 0 Å². The van der Waals surface area contributed by atoms with Crippen LogP contribution in [0.4, 0.5) is 0 Å². The highest BCUT2D eigenvalue weighted by Crippen LogP contribution is 1.99. The van der Waals surface area contributed by atoms with E-state index in [-0.39, 0.29) is 0 Å². The number of hydrogen-bond acceptors (Lipinski definition) is 4. The fourth-order valence-corrected chi connectivity index (χ4v) is 1.38. The van der Waals surface area contributed by atoms with Crippen molar-refractivity contribution in [1.29, 1.82) is 0 Å². The Morgan fingerprint density at radius 3 is 2.93 bits per heavy atom. The summed E-state index contributed by atoms with van der Waals surface area (Å²) in [7, 11) is 1.91. The average molecular weight is 206 g/mol. The predicted octanol–water partition coefficient (Wildman–Crippen LogP) is -0.287.